The summed E-state index contributed by atoms with van der Waals surface area (Å²) in [4.78, 5) is 12.0. The van der Waals surface area contributed by atoms with Crippen molar-refractivity contribution in [2.45, 2.75) is 21.6 Å². The molecule has 9 heteroatoms. The predicted molar refractivity (Wildman–Crippen MR) is 111 cm³/mol. The molecule has 0 radical (unpaired) electrons. The maximum absolute atomic E-state index is 12.6. The minimum absolute atomic E-state index is 0.113. The number of hydrogen-bond acceptors (Lipinski definition) is 5. The number of nitrogens with zero attached hydrogens (tertiary/aromatic N) is 1. The number of nitro benzene ring substituents is 1. The first kappa shape index (κ1) is 20.2. The smallest absolute Gasteiger partial charge is 0.280 e. The third-order valence-corrected chi connectivity index (χ3v) is 6.49. The number of anilines is 1. The number of nitro groups is 1. The van der Waals surface area contributed by atoms with Crippen LogP contribution in [0.15, 0.2) is 81.4 Å². The van der Waals surface area contributed by atoms with E-state index in [1.807, 2.05) is 6.92 Å². The predicted octanol–water partition coefficient (Wildman–Crippen LogP) is 5.51. The summed E-state index contributed by atoms with van der Waals surface area (Å²) in [5.41, 5.74) is 1.07. The van der Waals surface area contributed by atoms with Gasteiger partial charge < -0.3 is 0 Å². The summed E-state index contributed by atoms with van der Waals surface area (Å²) in [6.07, 6.45) is 0. The number of benzene rings is 3. The molecule has 1 N–H and O–H groups in total. The molecule has 0 aliphatic carbocycles. The quantitative estimate of drug-likeness (QED) is 0.408. The van der Waals surface area contributed by atoms with Crippen LogP contribution in [0.3, 0.4) is 0 Å². The van der Waals surface area contributed by atoms with E-state index in [-0.39, 0.29) is 16.3 Å². The van der Waals surface area contributed by atoms with E-state index in [1.54, 1.807) is 36.4 Å². The van der Waals surface area contributed by atoms with Crippen molar-refractivity contribution < 1.29 is 13.3 Å². The second kappa shape index (κ2) is 8.22. The molecule has 0 fully saturated rings. The van der Waals surface area contributed by atoms with Crippen molar-refractivity contribution in [3.05, 3.63) is 87.4 Å². The normalized spacial score (nSPS) is 11.2. The lowest BCUT2D eigenvalue weighted by Crippen LogP contribution is -2.13. The highest BCUT2D eigenvalue weighted by Gasteiger charge is 2.19. The zero-order chi connectivity index (χ0) is 20.3. The van der Waals surface area contributed by atoms with Gasteiger partial charge in [-0.05, 0) is 55.5 Å². The Balaban J connectivity index is 1.93. The molecule has 0 aliphatic heterocycles. The molecular weight excluding hydrogens is 420 g/mol. The van der Waals surface area contributed by atoms with Gasteiger partial charge in [0.25, 0.3) is 15.7 Å². The van der Waals surface area contributed by atoms with Crippen LogP contribution in [0.25, 0.3) is 0 Å². The van der Waals surface area contributed by atoms with Crippen molar-refractivity contribution in [1.82, 2.24) is 0 Å². The van der Waals surface area contributed by atoms with Crippen molar-refractivity contribution in [2.24, 2.45) is 0 Å². The van der Waals surface area contributed by atoms with Crippen LogP contribution in [0.2, 0.25) is 5.02 Å². The lowest BCUT2D eigenvalue weighted by Gasteiger charge is -2.10. The molecule has 0 heterocycles. The number of halogens is 1. The summed E-state index contributed by atoms with van der Waals surface area (Å²) in [7, 11) is -3.80. The number of aryl methyl sites for hydroxylation is 1. The van der Waals surface area contributed by atoms with Crippen LogP contribution in [-0.2, 0) is 10.0 Å². The third-order valence-electron chi connectivity index (χ3n) is 3.78. The molecule has 6 nitrogen and oxygen atoms in total. The lowest BCUT2D eigenvalue weighted by atomic mass is 10.2. The van der Waals surface area contributed by atoms with Gasteiger partial charge >= 0.3 is 0 Å². The highest BCUT2D eigenvalue weighted by molar-refractivity contribution is 7.99. The van der Waals surface area contributed by atoms with E-state index >= 15 is 0 Å². The van der Waals surface area contributed by atoms with Crippen molar-refractivity contribution in [3.8, 4) is 0 Å². The van der Waals surface area contributed by atoms with E-state index < -0.39 is 14.9 Å². The minimum atomic E-state index is -3.80. The monoisotopic (exact) mass is 434 g/mol. The maximum atomic E-state index is 12.6. The summed E-state index contributed by atoms with van der Waals surface area (Å²) < 4.78 is 27.6. The van der Waals surface area contributed by atoms with Gasteiger partial charge in [0.1, 0.15) is 0 Å². The van der Waals surface area contributed by atoms with Gasteiger partial charge in [0.2, 0.25) is 0 Å². The molecule has 0 amide bonds. The Morgan fingerprint density at radius 3 is 2.25 bits per heavy atom. The molecule has 0 aliphatic rings. The van der Waals surface area contributed by atoms with E-state index in [0.717, 1.165) is 22.2 Å². The molecule has 0 saturated carbocycles. The van der Waals surface area contributed by atoms with Gasteiger partial charge in [0.05, 0.1) is 20.4 Å². The van der Waals surface area contributed by atoms with Gasteiger partial charge in [-0.25, -0.2) is 8.42 Å². The van der Waals surface area contributed by atoms with Gasteiger partial charge in [0, 0.05) is 16.0 Å². The summed E-state index contributed by atoms with van der Waals surface area (Å²) >= 11 is 7.02. The standard InChI is InChI=1S/C19H15ClN2O4S2/c1-13-2-9-17(10-3-13)28(25,26)21-15-6-11-18(22(23)24)19(12-15)27-16-7-4-14(20)5-8-16/h2-12,21H,1H3. The zero-order valence-corrected chi connectivity index (χ0v) is 17.0. The third kappa shape index (κ3) is 4.83. The number of hydrogen-bond donors (Lipinski definition) is 1. The van der Waals surface area contributed by atoms with Crippen LogP contribution in [-0.4, -0.2) is 13.3 Å². The Kier molecular flexibility index (Phi) is 5.93. The van der Waals surface area contributed by atoms with E-state index in [2.05, 4.69) is 4.72 Å². The average molecular weight is 435 g/mol. The molecule has 144 valence electrons. The summed E-state index contributed by atoms with van der Waals surface area (Å²) in [5, 5.41) is 11.9. The van der Waals surface area contributed by atoms with Crippen LogP contribution in [0.1, 0.15) is 5.56 Å². The summed E-state index contributed by atoms with van der Waals surface area (Å²) in [6.45, 7) is 1.86. The highest BCUT2D eigenvalue weighted by atomic mass is 35.5. The van der Waals surface area contributed by atoms with Crippen LogP contribution >= 0.6 is 23.4 Å². The first-order chi connectivity index (χ1) is 13.2. The van der Waals surface area contributed by atoms with E-state index in [1.165, 1.54) is 30.3 Å². The number of sulfonamides is 1. The Labute approximate surface area is 171 Å². The second-order valence-electron chi connectivity index (χ2n) is 5.91. The van der Waals surface area contributed by atoms with Gasteiger partial charge in [-0.3, -0.25) is 14.8 Å². The molecule has 0 unspecified atom stereocenters. The van der Waals surface area contributed by atoms with Crippen molar-refractivity contribution in [2.75, 3.05) is 4.72 Å². The molecule has 0 bridgehead atoms. The van der Waals surface area contributed by atoms with Gasteiger partial charge in [-0.15, -0.1) is 0 Å². The van der Waals surface area contributed by atoms with Crippen molar-refractivity contribution >= 4 is 44.8 Å². The lowest BCUT2D eigenvalue weighted by molar-refractivity contribution is -0.387. The van der Waals surface area contributed by atoms with E-state index in [9.17, 15) is 18.5 Å². The highest BCUT2D eigenvalue weighted by Crippen LogP contribution is 2.37. The molecule has 0 saturated heterocycles. The second-order valence-corrected chi connectivity index (χ2v) is 9.15. The molecule has 28 heavy (non-hydrogen) atoms. The number of rotatable bonds is 6. The molecule has 0 aromatic heterocycles. The first-order valence-electron chi connectivity index (χ1n) is 8.06. The fraction of sp³-hybridized carbons (Fsp3) is 0.0526. The molecule has 0 atom stereocenters. The van der Waals surface area contributed by atoms with Crippen molar-refractivity contribution in [1.29, 1.82) is 0 Å². The minimum Gasteiger partial charge on any atom is -0.280 e. The Hall–Kier alpha value is -2.55. The topological polar surface area (TPSA) is 89.3 Å². The van der Waals surface area contributed by atoms with Crippen molar-refractivity contribution in [3.63, 3.8) is 0 Å². The molecule has 0 spiro atoms. The largest absolute Gasteiger partial charge is 0.283 e. The average Bonchev–Trinajstić information content (AvgIpc) is 2.63. The van der Waals surface area contributed by atoms with Gasteiger partial charge in [0.15, 0.2) is 0 Å². The van der Waals surface area contributed by atoms with Gasteiger partial charge in [-0.2, -0.15) is 0 Å². The van der Waals surface area contributed by atoms with Crippen LogP contribution in [0.4, 0.5) is 11.4 Å². The summed E-state index contributed by atoms with van der Waals surface area (Å²) in [5.74, 6) is 0. The van der Waals surface area contributed by atoms with Crippen LogP contribution < -0.4 is 4.72 Å². The zero-order valence-electron chi connectivity index (χ0n) is 14.6. The van der Waals surface area contributed by atoms with Gasteiger partial charge in [-0.1, -0.05) is 41.1 Å². The molecule has 3 aromatic carbocycles. The Morgan fingerprint density at radius 2 is 1.64 bits per heavy atom. The van der Waals surface area contributed by atoms with E-state index in [4.69, 9.17) is 11.6 Å². The van der Waals surface area contributed by atoms with E-state index in [0.29, 0.717) is 9.92 Å². The maximum Gasteiger partial charge on any atom is 0.283 e. The van der Waals surface area contributed by atoms with Crippen LogP contribution in [0.5, 0.6) is 0 Å². The van der Waals surface area contributed by atoms with Crippen LogP contribution in [0, 0.1) is 17.0 Å². The Morgan fingerprint density at radius 1 is 1.00 bits per heavy atom. The molecular formula is C19H15ClN2O4S2. The first-order valence-corrected chi connectivity index (χ1v) is 10.7. The summed E-state index contributed by atoms with van der Waals surface area (Å²) in [6, 6.07) is 17.3. The SMILES string of the molecule is Cc1ccc(S(=O)(=O)Nc2ccc([N+](=O)[O-])c(Sc3ccc(Cl)cc3)c2)cc1. The Bertz CT molecular complexity index is 1120. The molecule has 3 rings (SSSR count). The number of nitrogens with one attached hydrogen (secondary N) is 1. The fourth-order valence-corrected chi connectivity index (χ4v) is 4.51. The molecule has 3 aromatic rings. The fourth-order valence-electron chi connectivity index (χ4n) is 2.37.